The number of hydrogen-bond acceptors (Lipinski definition) is 2. The Kier molecular flexibility index (Phi) is 4.96. The molecule has 0 saturated heterocycles. The average molecular weight is 222 g/mol. The van der Waals surface area contributed by atoms with Crippen molar-refractivity contribution in [2.24, 2.45) is 0 Å². The molecule has 0 aliphatic carbocycles. The summed E-state index contributed by atoms with van der Waals surface area (Å²) in [6.45, 7) is 1.65. The van der Waals surface area contributed by atoms with Crippen LogP contribution in [0.25, 0.3) is 0 Å². The summed E-state index contributed by atoms with van der Waals surface area (Å²) >= 11 is 5.31. The molecule has 12 heavy (non-hydrogen) atoms. The van der Waals surface area contributed by atoms with Crippen LogP contribution in [0.2, 0.25) is 0 Å². The molecule has 7 heteroatoms. The van der Waals surface area contributed by atoms with Gasteiger partial charge in [0.1, 0.15) is 0 Å². The van der Waals surface area contributed by atoms with Gasteiger partial charge in [-0.3, -0.25) is 0 Å². The molecule has 0 heterocycles. The van der Waals surface area contributed by atoms with E-state index in [-0.39, 0.29) is 5.88 Å². The SMILES string of the molecule is CCC(CCl)NS(=O)(=O)C(F)F. The molecule has 0 aromatic rings. The molecule has 0 bridgehead atoms. The average Bonchev–Trinajstić information content (AvgIpc) is 2.00. The van der Waals surface area contributed by atoms with Gasteiger partial charge >= 0.3 is 5.76 Å². The number of rotatable bonds is 5. The zero-order chi connectivity index (χ0) is 9.78. The molecule has 1 unspecified atom stereocenters. The fourth-order valence-electron chi connectivity index (χ4n) is 0.508. The molecule has 0 rings (SSSR count). The monoisotopic (exact) mass is 221 g/mol. The number of halogens is 3. The van der Waals surface area contributed by atoms with Gasteiger partial charge < -0.3 is 0 Å². The minimum atomic E-state index is -4.49. The third kappa shape index (κ3) is 3.64. The lowest BCUT2D eigenvalue weighted by molar-refractivity contribution is 0.231. The summed E-state index contributed by atoms with van der Waals surface area (Å²) in [5.41, 5.74) is 0. The molecule has 0 aliphatic rings. The van der Waals surface area contributed by atoms with Crippen LogP contribution in [-0.4, -0.2) is 26.1 Å². The van der Waals surface area contributed by atoms with Crippen LogP contribution in [-0.2, 0) is 10.0 Å². The molecule has 3 nitrogen and oxygen atoms in total. The summed E-state index contributed by atoms with van der Waals surface area (Å²) in [6.07, 6.45) is 0.384. The number of hydrogen-bond donors (Lipinski definition) is 1. The zero-order valence-corrected chi connectivity index (χ0v) is 8.00. The first-order valence-electron chi connectivity index (χ1n) is 3.29. The van der Waals surface area contributed by atoms with Crippen LogP contribution in [0.1, 0.15) is 13.3 Å². The summed E-state index contributed by atoms with van der Waals surface area (Å²) in [5, 5.41) is 0. The standard InChI is InChI=1S/C5H10ClF2NO2S/c1-2-4(3-6)9-12(10,11)5(7)8/h4-5,9H,2-3H2,1H3. The molecule has 0 spiro atoms. The van der Waals surface area contributed by atoms with Crippen molar-refractivity contribution in [3.05, 3.63) is 0 Å². The first-order chi connectivity index (χ1) is 5.44. The van der Waals surface area contributed by atoms with Crippen molar-refractivity contribution in [2.45, 2.75) is 25.1 Å². The minimum absolute atomic E-state index is 0.0115. The lowest BCUT2D eigenvalue weighted by atomic mass is 10.3. The number of nitrogens with one attached hydrogen (secondary N) is 1. The Morgan fingerprint density at radius 1 is 1.50 bits per heavy atom. The van der Waals surface area contributed by atoms with E-state index in [1.54, 1.807) is 11.6 Å². The normalized spacial score (nSPS) is 15.1. The number of sulfonamides is 1. The van der Waals surface area contributed by atoms with E-state index in [0.717, 1.165) is 0 Å². The maximum Gasteiger partial charge on any atom is 0.350 e. The molecule has 0 fully saturated rings. The summed E-state index contributed by atoms with van der Waals surface area (Å²) in [4.78, 5) is 0. The number of alkyl halides is 3. The maximum absolute atomic E-state index is 11.8. The molecule has 1 N–H and O–H groups in total. The minimum Gasteiger partial charge on any atom is -0.206 e. The van der Waals surface area contributed by atoms with Gasteiger partial charge in [0.05, 0.1) is 0 Å². The van der Waals surface area contributed by atoms with Gasteiger partial charge in [0, 0.05) is 11.9 Å². The second-order valence-corrected chi connectivity index (χ2v) is 4.17. The van der Waals surface area contributed by atoms with E-state index in [9.17, 15) is 17.2 Å². The Hall–Kier alpha value is 0.0600. The highest BCUT2D eigenvalue weighted by atomic mass is 35.5. The van der Waals surface area contributed by atoms with Gasteiger partial charge in [-0.25, -0.2) is 13.1 Å². The second-order valence-electron chi connectivity index (χ2n) is 2.18. The van der Waals surface area contributed by atoms with Gasteiger partial charge in [0.25, 0.3) is 10.0 Å². The topological polar surface area (TPSA) is 46.2 Å². The Labute approximate surface area is 75.1 Å². The van der Waals surface area contributed by atoms with Crippen LogP contribution in [0.5, 0.6) is 0 Å². The van der Waals surface area contributed by atoms with Crippen molar-refractivity contribution >= 4 is 21.6 Å². The molecule has 1 atom stereocenters. The molecule has 0 saturated carbocycles. The Morgan fingerprint density at radius 3 is 2.25 bits per heavy atom. The van der Waals surface area contributed by atoms with Crippen LogP contribution in [0, 0.1) is 0 Å². The molecule has 0 aromatic heterocycles. The second kappa shape index (κ2) is 4.94. The zero-order valence-electron chi connectivity index (χ0n) is 6.43. The van der Waals surface area contributed by atoms with Crippen LogP contribution in [0.15, 0.2) is 0 Å². The quantitative estimate of drug-likeness (QED) is 0.708. The van der Waals surface area contributed by atoms with Gasteiger partial charge in [-0.1, -0.05) is 6.92 Å². The largest absolute Gasteiger partial charge is 0.350 e. The van der Waals surface area contributed by atoms with E-state index in [1.807, 2.05) is 0 Å². The first-order valence-corrected chi connectivity index (χ1v) is 5.37. The van der Waals surface area contributed by atoms with E-state index in [4.69, 9.17) is 11.6 Å². The third-order valence-electron chi connectivity index (χ3n) is 1.24. The Balaban J connectivity index is 4.23. The maximum atomic E-state index is 11.8. The van der Waals surface area contributed by atoms with Crippen molar-refractivity contribution in [1.29, 1.82) is 0 Å². The van der Waals surface area contributed by atoms with Crippen molar-refractivity contribution in [3.8, 4) is 0 Å². The van der Waals surface area contributed by atoms with E-state index in [1.165, 1.54) is 0 Å². The van der Waals surface area contributed by atoms with E-state index in [0.29, 0.717) is 6.42 Å². The smallest absolute Gasteiger partial charge is 0.206 e. The van der Waals surface area contributed by atoms with E-state index < -0.39 is 21.8 Å². The molecule has 0 radical (unpaired) electrons. The van der Waals surface area contributed by atoms with Crippen LogP contribution < -0.4 is 4.72 Å². The summed E-state index contributed by atoms with van der Waals surface area (Å²) < 4.78 is 46.4. The van der Waals surface area contributed by atoms with Gasteiger partial charge in [0.15, 0.2) is 0 Å². The summed E-state index contributed by atoms with van der Waals surface area (Å²) in [5.74, 6) is -3.41. The fraction of sp³-hybridized carbons (Fsp3) is 1.00. The highest BCUT2D eigenvalue weighted by Gasteiger charge is 2.25. The lowest BCUT2D eigenvalue weighted by Gasteiger charge is -2.12. The van der Waals surface area contributed by atoms with Crippen molar-refractivity contribution in [1.82, 2.24) is 4.72 Å². The van der Waals surface area contributed by atoms with Crippen LogP contribution in [0.4, 0.5) is 8.78 Å². The lowest BCUT2D eigenvalue weighted by Crippen LogP contribution is -2.38. The Bertz CT molecular complexity index is 215. The molecular weight excluding hydrogens is 212 g/mol. The highest BCUT2D eigenvalue weighted by molar-refractivity contribution is 7.89. The van der Waals surface area contributed by atoms with Crippen molar-refractivity contribution in [3.63, 3.8) is 0 Å². The van der Waals surface area contributed by atoms with Crippen LogP contribution in [0.3, 0.4) is 0 Å². The predicted molar refractivity (Wildman–Crippen MR) is 42.9 cm³/mol. The Morgan fingerprint density at radius 2 is 2.00 bits per heavy atom. The van der Waals surface area contributed by atoms with Gasteiger partial charge in [-0.15, -0.1) is 11.6 Å². The third-order valence-corrected chi connectivity index (χ3v) is 2.75. The summed E-state index contributed by atoms with van der Waals surface area (Å²) in [7, 11) is -4.49. The molecule has 74 valence electrons. The van der Waals surface area contributed by atoms with E-state index >= 15 is 0 Å². The first kappa shape index (κ1) is 12.1. The highest BCUT2D eigenvalue weighted by Crippen LogP contribution is 2.05. The van der Waals surface area contributed by atoms with Gasteiger partial charge in [-0.05, 0) is 6.42 Å². The van der Waals surface area contributed by atoms with Crippen molar-refractivity contribution in [2.75, 3.05) is 5.88 Å². The van der Waals surface area contributed by atoms with Gasteiger partial charge in [-0.2, -0.15) is 8.78 Å². The van der Waals surface area contributed by atoms with Crippen molar-refractivity contribution < 1.29 is 17.2 Å². The molecule has 0 aliphatic heterocycles. The fourth-order valence-corrected chi connectivity index (χ4v) is 1.71. The summed E-state index contributed by atoms with van der Waals surface area (Å²) in [6, 6.07) is -0.620. The molecular formula is C5H10ClF2NO2S. The molecule has 0 amide bonds. The van der Waals surface area contributed by atoms with Crippen LogP contribution >= 0.6 is 11.6 Å². The van der Waals surface area contributed by atoms with E-state index in [2.05, 4.69) is 0 Å². The molecule has 0 aromatic carbocycles. The van der Waals surface area contributed by atoms with Gasteiger partial charge in [0.2, 0.25) is 0 Å². The predicted octanol–water partition coefficient (Wildman–Crippen LogP) is 1.15.